The van der Waals surface area contributed by atoms with Crippen molar-refractivity contribution in [1.82, 2.24) is 9.88 Å². The van der Waals surface area contributed by atoms with Crippen molar-refractivity contribution < 1.29 is 9.66 Å². The second-order valence-corrected chi connectivity index (χ2v) is 5.84. The lowest BCUT2D eigenvalue weighted by atomic mass is 10.3. The van der Waals surface area contributed by atoms with Gasteiger partial charge in [-0.25, -0.2) is 4.98 Å². The number of nitro benzene ring substituents is 1. The SMILES string of the molecule is O=[N+]([O-])c1ccc2nc(NCCN3CCOCC3)sc2c1. The number of thiazole rings is 1. The van der Waals surface area contributed by atoms with Gasteiger partial charge in [-0.15, -0.1) is 0 Å². The quantitative estimate of drug-likeness (QED) is 0.671. The third-order valence-corrected chi connectivity index (χ3v) is 4.37. The zero-order valence-electron chi connectivity index (χ0n) is 11.4. The average molecular weight is 308 g/mol. The molecule has 0 spiro atoms. The van der Waals surface area contributed by atoms with Gasteiger partial charge in [0.05, 0.1) is 28.4 Å². The van der Waals surface area contributed by atoms with Crippen LogP contribution in [-0.4, -0.2) is 54.2 Å². The van der Waals surface area contributed by atoms with E-state index >= 15 is 0 Å². The van der Waals surface area contributed by atoms with Crippen LogP contribution >= 0.6 is 11.3 Å². The van der Waals surface area contributed by atoms with Gasteiger partial charge in [-0.3, -0.25) is 15.0 Å². The zero-order valence-corrected chi connectivity index (χ0v) is 12.3. The molecule has 0 atom stereocenters. The molecule has 1 aromatic heterocycles. The van der Waals surface area contributed by atoms with Gasteiger partial charge in [0, 0.05) is 38.3 Å². The molecule has 1 aliphatic rings. The van der Waals surface area contributed by atoms with Crippen molar-refractivity contribution in [2.24, 2.45) is 0 Å². The van der Waals surface area contributed by atoms with Crippen molar-refractivity contribution in [3.8, 4) is 0 Å². The molecule has 1 aromatic carbocycles. The molecule has 1 aliphatic heterocycles. The fourth-order valence-corrected chi connectivity index (χ4v) is 3.17. The summed E-state index contributed by atoms with van der Waals surface area (Å²) in [6.07, 6.45) is 0. The summed E-state index contributed by atoms with van der Waals surface area (Å²) in [7, 11) is 0. The van der Waals surface area contributed by atoms with E-state index in [1.165, 1.54) is 17.4 Å². The Balaban J connectivity index is 1.60. The van der Waals surface area contributed by atoms with E-state index in [0.29, 0.717) is 0 Å². The maximum Gasteiger partial charge on any atom is 0.270 e. The van der Waals surface area contributed by atoms with E-state index in [9.17, 15) is 10.1 Å². The number of anilines is 1. The average Bonchev–Trinajstić information content (AvgIpc) is 2.90. The highest BCUT2D eigenvalue weighted by molar-refractivity contribution is 7.22. The van der Waals surface area contributed by atoms with Crippen molar-refractivity contribution in [2.45, 2.75) is 0 Å². The molecule has 0 radical (unpaired) electrons. The number of benzene rings is 1. The topological polar surface area (TPSA) is 80.5 Å². The molecule has 2 heterocycles. The summed E-state index contributed by atoms with van der Waals surface area (Å²) in [6.45, 7) is 5.28. The number of morpholine rings is 1. The molecule has 112 valence electrons. The minimum Gasteiger partial charge on any atom is -0.379 e. The number of rotatable bonds is 5. The van der Waals surface area contributed by atoms with Gasteiger partial charge in [0.25, 0.3) is 5.69 Å². The normalized spacial score (nSPS) is 16.2. The van der Waals surface area contributed by atoms with Crippen LogP contribution in [0.2, 0.25) is 0 Å². The van der Waals surface area contributed by atoms with Gasteiger partial charge in [-0.05, 0) is 6.07 Å². The molecule has 0 aliphatic carbocycles. The molecule has 0 amide bonds. The Kier molecular flexibility index (Phi) is 4.28. The van der Waals surface area contributed by atoms with Crippen molar-refractivity contribution in [3.63, 3.8) is 0 Å². The van der Waals surface area contributed by atoms with Crippen LogP contribution in [0.25, 0.3) is 10.2 Å². The van der Waals surface area contributed by atoms with E-state index in [1.807, 2.05) is 0 Å². The lowest BCUT2D eigenvalue weighted by molar-refractivity contribution is -0.384. The minimum absolute atomic E-state index is 0.103. The molecular formula is C13H16N4O3S. The molecule has 1 fully saturated rings. The fourth-order valence-electron chi connectivity index (χ4n) is 2.25. The summed E-state index contributed by atoms with van der Waals surface area (Å²) in [5.41, 5.74) is 0.894. The lowest BCUT2D eigenvalue weighted by Crippen LogP contribution is -2.38. The molecule has 8 heteroatoms. The van der Waals surface area contributed by atoms with Crippen LogP contribution in [0.5, 0.6) is 0 Å². The van der Waals surface area contributed by atoms with Crippen LogP contribution in [0, 0.1) is 10.1 Å². The van der Waals surface area contributed by atoms with Crippen molar-refractivity contribution in [2.75, 3.05) is 44.7 Å². The number of non-ortho nitro benzene ring substituents is 1. The maximum absolute atomic E-state index is 10.8. The van der Waals surface area contributed by atoms with E-state index in [-0.39, 0.29) is 10.6 Å². The summed E-state index contributed by atoms with van der Waals surface area (Å²) in [5.74, 6) is 0. The molecular weight excluding hydrogens is 292 g/mol. The Labute approximate surface area is 125 Å². The third-order valence-electron chi connectivity index (χ3n) is 3.39. The van der Waals surface area contributed by atoms with E-state index < -0.39 is 0 Å². The summed E-state index contributed by atoms with van der Waals surface area (Å²) >= 11 is 1.45. The first-order chi connectivity index (χ1) is 10.2. The van der Waals surface area contributed by atoms with E-state index in [4.69, 9.17) is 4.74 Å². The second kappa shape index (κ2) is 6.33. The number of hydrogen-bond acceptors (Lipinski definition) is 7. The predicted octanol–water partition coefficient (Wildman–Crippen LogP) is 1.95. The number of aromatic nitrogens is 1. The van der Waals surface area contributed by atoms with E-state index in [2.05, 4.69) is 15.2 Å². The maximum atomic E-state index is 10.8. The van der Waals surface area contributed by atoms with Gasteiger partial charge in [0.15, 0.2) is 5.13 Å². The minimum atomic E-state index is -0.384. The summed E-state index contributed by atoms with van der Waals surface area (Å²) in [6, 6.07) is 4.75. The van der Waals surface area contributed by atoms with Gasteiger partial charge >= 0.3 is 0 Å². The van der Waals surface area contributed by atoms with Crippen LogP contribution in [0.4, 0.5) is 10.8 Å². The van der Waals surface area contributed by atoms with Crippen molar-refractivity contribution in [1.29, 1.82) is 0 Å². The molecule has 0 unspecified atom stereocenters. The summed E-state index contributed by atoms with van der Waals surface area (Å²) < 4.78 is 6.14. The zero-order chi connectivity index (χ0) is 14.7. The van der Waals surface area contributed by atoms with Crippen LogP contribution in [0.15, 0.2) is 18.2 Å². The number of hydrogen-bond donors (Lipinski definition) is 1. The number of ether oxygens (including phenoxy) is 1. The Morgan fingerprint density at radius 3 is 3.00 bits per heavy atom. The highest BCUT2D eigenvalue weighted by Gasteiger charge is 2.12. The molecule has 7 nitrogen and oxygen atoms in total. The highest BCUT2D eigenvalue weighted by Crippen LogP contribution is 2.28. The smallest absolute Gasteiger partial charge is 0.270 e. The van der Waals surface area contributed by atoms with Gasteiger partial charge in [0.1, 0.15) is 0 Å². The van der Waals surface area contributed by atoms with Crippen molar-refractivity contribution in [3.05, 3.63) is 28.3 Å². The van der Waals surface area contributed by atoms with Crippen LogP contribution in [-0.2, 0) is 4.74 Å². The standard InChI is InChI=1S/C13H16N4O3S/c18-17(19)10-1-2-11-12(9-10)21-13(15-11)14-3-4-16-5-7-20-8-6-16/h1-2,9H,3-8H2,(H,14,15). The van der Waals surface area contributed by atoms with Gasteiger partial charge in [0.2, 0.25) is 0 Å². The largest absolute Gasteiger partial charge is 0.379 e. The fraction of sp³-hybridized carbons (Fsp3) is 0.462. The second-order valence-electron chi connectivity index (χ2n) is 4.81. The molecule has 2 aromatic rings. The molecule has 1 N–H and O–H groups in total. The highest BCUT2D eigenvalue weighted by atomic mass is 32.1. The van der Waals surface area contributed by atoms with Crippen LogP contribution < -0.4 is 5.32 Å². The first-order valence-electron chi connectivity index (χ1n) is 6.81. The molecule has 1 saturated heterocycles. The Morgan fingerprint density at radius 2 is 2.24 bits per heavy atom. The predicted molar refractivity (Wildman–Crippen MR) is 82.0 cm³/mol. The first kappa shape index (κ1) is 14.2. The molecule has 0 saturated carbocycles. The van der Waals surface area contributed by atoms with Gasteiger partial charge in [-0.1, -0.05) is 11.3 Å². The van der Waals surface area contributed by atoms with Crippen molar-refractivity contribution >= 4 is 32.4 Å². The number of nitrogens with one attached hydrogen (secondary N) is 1. The third kappa shape index (κ3) is 3.46. The number of nitro groups is 1. The first-order valence-corrected chi connectivity index (χ1v) is 7.63. The number of nitrogens with zero attached hydrogens (tertiary/aromatic N) is 3. The van der Waals surface area contributed by atoms with E-state index in [1.54, 1.807) is 12.1 Å². The molecule has 0 bridgehead atoms. The van der Waals surface area contributed by atoms with Crippen LogP contribution in [0.1, 0.15) is 0 Å². The monoisotopic (exact) mass is 308 g/mol. The van der Waals surface area contributed by atoms with Gasteiger partial charge < -0.3 is 10.1 Å². The van der Waals surface area contributed by atoms with Crippen LogP contribution in [0.3, 0.4) is 0 Å². The lowest BCUT2D eigenvalue weighted by Gasteiger charge is -2.26. The summed E-state index contributed by atoms with van der Waals surface area (Å²) in [5, 5.41) is 14.8. The van der Waals surface area contributed by atoms with E-state index in [0.717, 1.165) is 54.7 Å². The molecule has 21 heavy (non-hydrogen) atoms. The Morgan fingerprint density at radius 1 is 1.43 bits per heavy atom. The summed E-state index contributed by atoms with van der Waals surface area (Å²) in [4.78, 5) is 17.2. The molecule has 3 rings (SSSR count). The van der Waals surface area contributed by atoms with Gasteiger partial charge in [-0.2, -0.15) is 0 Å². The Bertz CT molecular complexity index is 639. The number of fused-ring (bicyclic) bond motifs is 1. The Hall–Kier alpha value is -1.77.